The molecule has 5 nitrogen and oxygen atoms in total. The normalized spacial score (nSPS) is 12.5. The molecular weight excluding hydrogens is 358 g/mol. The maximum Gasteiger partial charge on any atom is 0.244 e. The summed E-state index contributed by atoms with van der Waals surface area (Å²) in [5.41, 5.74) is 0.814. The van der Waals surface area contributed by atoms with Gasteiger partial charge in [-0.1, -0.05) is 41.9 Å². The van der Waals surface area contributed by atoms with Gasteiger partial charge >= 0.3 is 0 Å². The van der Waals surface area contributed by atoms with Crippen LogP contribution < -0.4 is 0 Å². The molecule has 0 spiro atoms. The number of hydrogen-bond donors (Lipinski definition) is 0. The Kier molecular flexibility index (Phi) is 5.15. The van der Waals surface area contributed by atoms with Crippen molar-refractivity contribution in [2.45, 2.75) is 16.3 Å². The number of sulfonamides is 1. The van der Waals surface area contributed by atoms with Gasteiger partial charge in [-0.15, -0.1) is 0 Å². The van der Waals surface area contributed by atoms with E-state index in [1.807, 2.05) is 18.2 Å². The topological polar surface area (TPSA) is 71.5 Å². The Labute approximate surface area is 141 Å². The summed E-state index contributed by atoms with van der Waals surface area (Å²) in [6.07, 6.45) is 1.01. The van der Waals surface area contributed by atoms with Gasteiger partial charge in [-0.2, -0.15) is 4.31 Å². The molecule has 0 aromatic heterocycles. The Bertz CT molecular complexity index is 910. The van der Waals surface area contributed by atoms with Gasteiger partial charge in [0.1, 0.15) is 4.90 Å². The van der Waals surface area contributed by atoms with E-state index in [2.05, 4.69) is 0 Å². The smallest absolute Gasteiger partial charge is 0.224 e. The molecule has 2 rings (SSSR count). The minimum absolute atomic E-state index is 0.0164. The van der Waals surface area contributed by atoms with E-state index >= 15 is 0 Å². The van der Waals surface area contributed by atoms with Gasteiger partial charge in [0.2, 0.25) is 10.0 Å². The van der Waals surface area contributed by atoms with Gasteiger partial charge in [0, 0.05) is 19.8 Å². The van der Waals surface area contributed by atoms with Crippen molar-refractivity contribution < 1.29 is 16.8 Å². The van der Waals surface area contributed by atoms with Gasteiger partial charge in [0.25, 0.3) is 0 Å². The lowest BCUT2D eigenvalue weighted by Crippen LogP contribution is -2.27. The summed E-state index contributed by atoms with van der Waals surface area (Å²) < 4.78 is 49.8. The molecule has 0 atom stereocenters. The number of rotatable bonds is 5. The summed E-state index contributed by atoms with van der Waals surface area (Å²) in [4.78, 5) is -0.311. The van der Waals surface area contributed by atoms with Gasteiger partial charge < -0.3 is 0 Å². The second-order valence-electron chi connectivity index (χ2n) is 5.11. The first kappa shape index (κ1) is 17.9. The molecule has 0 fully saturated rings. The zero-order chi connectivity index (χ0) is 17.3. The van der Waals surface area contributed by atoms with Crippen molar-refractivity contribution in [3.63, 3.8) is 0 Å². The summed E-state index contributed by atoms with van der Waals surface area (Å²) in [5.74, 6) is 0. The Balaban J connectivity index is 2.43. The average Bonchev–Trinajstić information content (AvgIpc) is 2.47. The van der Waals surface area contributed by atoms with Crippen LogP contribution in [0.15, 0.2) is 58.3 Å². The summed E-state index contributed by atoms with van der Waals surface area (Å²) in [6, 6.07) is 12.7. The maximum atomic E-state index is 12.7. The van der Waals surface area contributed by atoms with Crippen molar-refractivity contribution in [3.05, 3.63) is 59.1 Å². The standard InChI is InChI=1S/C15H16ClNO4S2/c1-17(11-12-6-4-3-5-7-12)23(20,21)15-10-13(22(2,18)19)8-9-14(15)16/h3-10H,11H2,1-2H3. The highest BCUT2D eigenvalue weighted by atomic mass is 35.5. The molecule has 0 amide bonds. The minimum atomic E-state index is -3.91. The number of nitrogens with zero attached hydrogens (tertiary/aromatic N) is 1. The molecule has 23 heavy (non-hydrogen) atoms. The van der Waals surface area contributed by atoms with Crippen molar-refractivity contribution in [2.24, 2.45) is 0 Å². The minimum Gasteiger partial charge on any atom is -0.224 e. The average molecular weight is 374 g/mol. The zero-order valence-electron chi connectivity index (χ0n) is 12.6. The van der Waals surface area contributed by atoms with Gasteiger partial charge in [0.15, 0.2) is 9.84 Å². The van der Waals surface area contributed by atoms with E-state index in [0.29, 0.717) is 0 Å². The molecule has 0 unspecified atom stereocenters. The fraction of sp³-hybridized carbons (Fsp3) is 0.200. The van der Waals surface area contributed by atoms with E-state index in [0.717, 1.165) is 22.2 Å². The van der Waals surface area contributed by atoms with E-state index in [-0.39, 0.29) is 21.4 Å². The van der Waals surface area contributed by atoms with Crippen LogP contribution in [0, 0.1) is 0 Å². The van der Waals surface area contributed by atoms with Crippen LogP contribution in [0.3, 0.4) is 0 Å². The molecule has 0 bridgehead atoms. The number of hydrogen-bond acceptors (Lipinski definition) is 4. The van der Waals surface area contributed by atoms with E-state index in [4.69, 9.17) is 11.6 Å². The van der Waals surface area contributed by atoms with E-state index in [9.17, 15) is 16.8 Å². The summed E-state index contributed by atoms with van der Waals surface area (Å²) in [7, 11) is -6.02. The van der Waals surface area contributed by atoms with Gasteiger partial charge in [0.05, 0.1) is 9.92 Å². The highest BCUT2D eigenvalue weighted by molar-refractivity contribution is 7.91. The summed E-state index contributed by atoms with van der Waals surface area (Å²) >= 11 is 5.98. The van der Waals surface area contributed by atoms with Crippen molar-refractivity contribution in [1.29, 1.82) is 0 Å². The van der Waals surface area contributed by atoms with Crippen LogP contribution in [0.2, 0.25) is 5.02 Å². The third kappa shape index (κ3) is 4.11. The molecule has 124 valence electrons. The Morgan fingerprint density at radius 1 is 1.00 bits per heavy atom. The van der Waals surface area contributed by atoms with Crippen molar-refractivity contribution in [3.8, 4) is 0 Å². The van der Waals surface area contributed by atoms with Crippen molar-refractivity contribution in [2.75, 3.05) is 13.3 Å². The molecule has 0 heterocycles. The fourth-order valence-corrected chi connectivity index (χ4v) is 4.38. The molecule has 0 radical (unpaired) electrons. The van der Waals surface area contributed by atoms with Crippen LogP contribution in [-0.4, -0.2) is 34.4 Å². The highest BCUT2D eigenvalue weighted by Crippen LogP contribution is 2.27. The van der Waals surface area contributed by atoms with Crippen LogP contribution in [0.25, 0.3) is 0 Å². The quantitative estimate of drug-likeness (QED) is 0.807. The van der Waals surface area contributed by atoms with E-state index in [1.165, 1.54) is 19.2 Å². The molecule has 0 aliphatic rings. The second-order valence-corrected chi connectivity index (χ2v) is 9.55. The first-order valence-electron chi connectivity index (χ1n) is 6.62. The molecular formula is C15H16ClNO4S2. The lowest BCUT2D eigenvalue weighted by molar-refractivity contribution is 0.466. The third-order valence-electron chi connectivity index (χ3n) is 3.27. The molecule has 0 saturated heterocycles. The van der Waals surface area contributed by atoms with Gasteiger partial charge in [-0.3, -0.25) is 0 Å². The molecule has 8 heteroatoms. The number of halogens is 1. The molecule has 0 aliphatic carbocycles. The molecule has 2 aromatic rings. The summed E-state index contributed by atoms with van der Waals surface area (Å²) in [6.45, 7) is 0.155. The largest absolute Gasteiger partial charge is 0.244 e. The first-order valence-corrected chi connectivity index (χ1v) is 10.3. The Hall–Kier alpha value is -1.41. The van der Waals surface area contributed by atoms with Crippen LogP contribution in [0.1, 0.15) is 5.56 Å². The van der Waals surface area contributed by atoms with Crippen molar-refractivity contribution >= 4 is 31.5 Å². The monoisotopic (exact) mass is 373 g/mol. The Morgan fingerprint density at radius 2 is 1.61 bits per heavy atom. The third-order valence-corrected chi connectivity index (χ3v) is 6.66. The van der Waals surface area contributed by atoms with Crippen molar-refractivity contribution in [1.82, 2.24) is 4.31 Å². The highest BCUT2D eigenvalue weighted by Gasteiger charge is 2.25. The number of sulfone groups is 1. The van der Waals surface area contributed by atoms with Gasteiger partial charge in [-0.05, 0) is 23.8 Å². The van der Waals surface area contributed by atoms with Crippen LogP contribution >= 0.6 is 11.6 Å². The molecule has 0 saturated carbocycles. The fourth-order valence-electron chi connectivity index (χ4n) is 2.01. The van der Waals surface area contributed by atoms with E-state index < -0.39 is 19.9 Å². The molecule has 0 N–H and O–H groups in total. The molecule has 2 aromatic carbocycles. The lowest BCUT2D eigenvalue weighted by Gasteiger charge is -2.18. The zero-order valence-corrected chi connectivity index (χ0v) is 15.0. The van der Waals surface area contributed by atoms with Crippen LogP contribution in [-0.2, 0) is 26.4 Å². The molecule has 0 aliphatic heterocycles. The predicted molar refractivity (Wildman–Crippen MR) is 89.7 cm³/mol. The first-order chi connectivity index (χ1) is 10.6. The second kappa shape index (κ2) is 6.60. The van der Waals surface area contributed by atoms with Gasteiger partial charge in [-0.25, -0.2) is 16.8 Å². The predicted octanol–water partition coefficient (Wildman–Crippen LogP) is 2.56. The Morgan fingerprint density at radius 3 is 2.17 bits per heavy atom. The van der Waals surface area contributed by atoms with Crippen LogP contribution in [0.5, 0.6) is 0 Å². The van der Waals surface area contributed by atoms with E-state index in [1.54, 1.807) is 12.1 Å². The lowest BCUT2D eigenvalue weighted by atomic mass is 10.2. The SMILES string of the molecule is CN(Cc1ccccc1)S(=O)(=O)c1cc(S(C)(=O)=O)ccc1Cl. The van der Waals surface area contributed by atoms with Crippen LogP contribution in [0.4, 0.5) is 0 Å². The summed E-state index contributed by atoms with van der Waals surface area (Å²) in [5, 5.41) is -0.0164. The maximum absolute atomic E-state index is 12.7. The number of benzene rings is 2.